The second-order valence-electron chi connectivity index (χ2n) is 3.12. The molecule has 1 aliphatic rings. The van der Waals surface area contributed by atoms with Gasteiger partial charge < -0.3 is 10.5 Å². The van der Waals surface area contributed by atoms with Crippen LogP contribution in [-0.2, 0) is 4.74 Å². The molecule has 1 saturated heterocycles. The van der Waals surface area contributed by atoms with E-state index in [0.29, 0.717) is 6.04 Å². The lowest BCUT2D eigenvalue weighted by atomic mass is 10.1. The molecule has 1 atom stereocenters. The van der Waals surface area contributed by atoms with Gasteiger partial charge in [0.2, 0.25) is 0 Å². The van der Waals surface area contributed by atoms with E-state index in [9.17, 15) is 0 Å². The molecule has 0 spiro atoms. The maximum Gasteiger partial charge on any atom is 0.0754 e. The summed E-state index contributed by atoms with van der Waals surface area (Å²) in [5.41, 5.74) is 6.28. The summed E-state index contributed by atoms with van der Waals surface area (Å²) in [6.45, 7) is 1.65. The Hall–Kier alpha value is -1.03. The monoisotopic (exact) mass is 167 g/mol. The zero-order valence-corrected chi connectivity index (χ0v) is 6.94. The van der Waals surface area contributed by atoms with Gasteiger partial charge in [-0.25, -0.2) is 0 Å². The first-order chi connectivity index (χ1) is 5.86. The predicted octanol–water partition coefficient (Wildman–Crippen LogP) is 0.817. The highest BCUT2D eigenvalue weighted by Crippen LogP contribution is 2.18. The lowest BCUT2D eigenvalue weighted by Crippen LogP contribution is -2.21. The van der Waals surface area contributed by atoms with Crippen molar-refractivity contribution >= 4 is 5.69 Å². The average molecular weight is 167 g/mol. The van der Waals surface area contributed by atoms with Gasteiger partial charge in [0.25, 0.3) is 0 Å². The van der Waals surface area contributed by atoms with Crippen molar-refractivity contribution in [1.82, 2.24) is 9.78 Å². The van der Waals surface area contributed by atoms with Gasteiger partial charge in [0, 0.05) is 12.8 Å². The molecule has 1 fully saturated rings. The average Bonchev–Trinajstić information content (AvgIpc) is 2.54. The van der Waals surface area contributed by atoms with Crippen LogP contribution in [-0.4, -0.2) is 23.0 Å². The number of anilines is 1. The summed E-state index contributed by atoms with van der Waals surface area (Å²) in [4.78, 5) is 0. The minimum atomic E-state index is 0.385. The van der Waals surface area contributed by atoms with E-state index in [0.717, 1.165) is 31.7 Å². The Morgan fingerprint density at radius 2 is 2.58 bits per heavy atom. The first kappa shape index (κ1) is 7.61. The quantitative estimate of drug-likeness (QED) is 0.673. The third-order valence-corrected chi connectivity index (χ3v) is 2.13. The van der Waals surface area contributed by atoms with Crippen molar-refractivity contribution < 1.29 is 4.74 Å². The second-order valence-corrected chi connectivity index (χ2v) is 3.12. The molecule has 1 unspecified atom stereocenters. The Kier molecular flexibility index (Phi) is 1.99. The molecule has 2 heterocycles. The molecule has 4 nitrogen and oxygen atoms in total. The van der Waals surface area contributed by atoms with Gasteiger partial charge in [-0.3, -0.25) is 4.68 Å². The molecule has 0 radical (unpaired) electrons. The smallest absolute Gasteiger partial charge is 0.0754 e. The maximum atomic E-state index is 5.56. The highest BCUT2D eigenvalue weighted by molar-refractivity contribution is 5.30. The number of nitrogens with zero attached hydrogens (tertiary/aromatic N) is 2. The van der Waals surface area contributed by atoms with Gasteiger partial charge in [-0.2, -0.15) is 5.10 Å². The third-order valence-electron chi connectivity index (χ3n) is 2.13. The minimum absolute atomic E-state index is 0.385. The van der Waals surface area contributed by atoms with Crippen LogP contribution >= 0.6 is 0 Å². The fraction of sp³-hybridized carbons (Fsp3) is 0.625. The molecule has 0 saturated carbocycles. The van der Waals surface area contributed by atoms with Crippen LogP contribution in [0.1, 0.15) is 18.9 Å². The summed E-state index contributed by atoms with van der Waals surface area (Å²) < 4.78 is 7.24. The minimum Gasteiger partial charge on any atom is -0.396 e. The van der Waals surface area contributed by atoms with E-state index < -0.39 is 0 Å². The molecule has 1 aromatic heterocycles. The molecule has 12 heavy (non-hydrogen) atoms. The van der Waals surface area contributed by atoms with E-state index in [1.807, 2.05) is 10.9 Å². The van der Waals surface area contributed by atoms with Gasteiger partial charge in [-0.1, -0.05) is 0 Å². The summed E-state index contributed by atoms with van der Waals surface area (Å²) in [5, 5.41) is 4.15. The fourth-order valence-corrected chi connectivity index (χ4v) is 1.48. The Morgan fingerprint density at radius 1 is 1.67 bits per heavy atom. The molecular formula is C8H13N3O. The first-order valence-electron chi connectivity index (χ1n) is 4.23. The molecule has 2 N–H and O–H groups in total. The number of rotatable bonds is 1. The lowest BCUT2D eigenvalue weighted by molar-refractivity contribution is 0.0549. The van der Waals surface area contributed by atoms with Crippen molar-refractivity contribution in [3.63, 3.8) is 0 Å². The van der Waals surface area contributed by atoms with E-state index >= 15 is 0 Å². The van der Waals surface area contributed by atoms with Crippen LogP contribution in [0.3, 0.4) is 0 Å². The second kappa shape index (κ2) is 3.15. The molecule has 4 heteroatoms. The molecule has 1 aromatic rings. The Balaban J connectivity index is 2.08. The number of nitrogens with two attached hydrogens (primary N) is 1. The SMILES string of the molecule is Nc1cnn(C2CCCOC2)c1. The highest BCUT2D eigenvalue weighted by atomic mass is 16.5. The van der Waals surface area contributed by atoms with E-state index in [1.54, 1.807) is 6.20 Å². The van der Waals surface area contributed by atoms with E-state index in [4.69, 9.17) is 10.5 Å². The Bertz CT molecular complexity index is 253. The third kappa shape index (κ3) is 1.43. The van der Waals surface area contributed by atoms with Crippen LogP contribution in [0.5, 0.6) is 0 Å². The number of ether oxygens (including phenoxy) is 1. The van der Waals surface area contributed by atoms with Crippen molar-refractivity contribution in [2.45, 2.75) is 18.9 Å². The normalized spacial score (nSPS) is 24.2. The van der Waals surface area contributed by atoms with Gasteiger partial charge in [-0.05, 0) is 12.8 Å². The van der Waals surface area contributed by atoms with Crippen molar-refractivity contribution in [2.75, 3.05) is 18.9 Å². The summed E-state index contributed by atoms with van der Waals surface area (Å²) in [7, 11) is 0. The summed E-state index contributed by atoms with van der Waals surface area (Å²) in [5.74, 6) is 0. The zero-order valence-electron chi connectivity index (χ0n) is 6.94. The number of nitrogen functional groups attached to an aromatic ring is 1. The molecule has 1 aliphatic heterocycles. The van der Waals surface area contributed by atoms with Gasteiger partial charge in [0.1, 0.15) is 0 Å². The largest absolute Gasteiger partial charge is 0.396 e. The standard InChI is InChI=1S/C8H13N3O/c9-7-4-10-11(5-7)8-2-1-3-12-6-8/h4-5,8H,1-3,6,9H2. The number of aromatic nitrogens is 2. The Morgan fingerprint density at radius 3 is 3.17 bits per heavy atom. The highest BCUT2D eigenvalue weighted by Gasteiger charge is 2.15. The van der Waals surface area contributed by atoms with Crippen LogP contribution in [0, 0.1) is 0 Å². The van der Waals surface area contributed by atoms with Crippen molar-refractivity contribution in [1.29, 1.82) is 0 Å². The summed E-state index contributed by atoms with van der Waals surface area (Å²) >= 11 is 0. The first-order valence-corrected chi connectivity index (χ1v) is 4.23. The molecule has 0 aliphatic carbocycles. The molecule has 0 bridgehead atoms. The summed E-state index contributed by atoms with van der Waals surface area (Å²) in [6.07, 6.45) is 5.79. The van der Waals surface area contributed by atoms with Crippen molar-refractivity contribution in [3.8, 4) is 0 Å². The van der Waals surface area contributed by atoms with Crippen molar-refractivity contribution in [2.24, 2.45) is 0 Å². The van der Waals surface area contributed by atoms with Crippen molar-refractivity contribution in [3.05, 3.63) is 12.4 Å². The van der Waals surface area contributed by atoms with Gasteiger partial charge in [-0.15, -0.1) is 0 Å². The maximum absolute atomic E-state index is 5.56. The molecule has 0 amide bonds. The van der Waals surface area contributed by atoms with Gasteiger partial charge in [0.15, 0.2) is 0 Å². The van der Waals surface area contributed by atoms with E-state index in [-0.39, 0.29) is 0 Å². The molecular weight excluding hydrogens is 154 g/mol. The lowest BCUT2D eigenvalue weighted by Gasteiger charge is -2.22. The number of hydrogen-bond acceptors (Lipinski definition) is 3. The fourth-order valence-electron chi connectivity index (χ4n) is 1.48. The van der Waals surface area contributed by atoms with Gasteiger partial charge in [0.05, 0.1) is 24.5 Å². The van der Waals surface area contributed by atoms with Crippen LogP contribution in [0.15, 0.2) is 12.4 Å². The van der Waals surface area contributed by atoms with E-state index in [2.05, 4.69) is 5.10 Å². The predicted molar refractivity (Wildman–Crippen MR) is 45.7 cm³/mol. The number of hydrogen-bond donors (Lipinski definition) is 1. The van der Waals surface area contributed by atoms with Crippen LogP contribution in [0.4, 0.5) is 5.69 Å². The topological polar surface area (TPSA) is 53.1 Å². The zero-order chi connectivity index (χ0) is 8.39. The van der Waals surface area contributed by atoms with Crippen LogP contribution < -0.4 is 5.73 Å². The molecule has 66 valence electrons. The van der Waals surface area contributed by atoms with E-state index in [1.165, 1.54) is 0 Å². The van der Waals surface area contributed by atoms with Gasteiger partial charge >= 0.3 is 0 Å². The molecule has 0 aromatic carbocycles. The van der Waals surface area contributed by atoms with Crippen LogP contribution in [0.2, 0.25) is 0 Å². The Labute approximate surface area is 71.3 Å². The summed E-state index contributed by atoms with van der Waals surface area (Å²) in [6, 6.07) is 0.385. The molecule has 2 rings (SSSR count). The van der Waals surface area contributed by atoms with Crippen LogP contribution in [0.25, 0.3) is 0 Å².